The van der Waals surface area contributed by atoms with Crippen molar-refractivity contribution in [1.82, 2.24) is 5.48 Å². The molecule has 0 aromatic heterocycles. The smallest absolute Gasteiger partial charge is 0.162 e. The van der Waals surface area contributed by atoms with Crippen LogP contribution in [0.2, 0.25) is 0 Å². The second kappa shape index (κ2) is 8.87. The summed E-state index contributed by atoms with van der Waals surface area (Å²) in [5.74, 6) is 1.34. The van der Waals surface area contributed by atoms with Crippen molar-refractivity contribution in [3.63, 3.8) is 0 Å². The van der Waals surface area contributed by atoms with E-state index >= 15 is 0 Å². The van der Waals surface area contributed by atoms with Crippen LogP contribution in [0.1, 0.15) is 16.7 Å². The van der Waals surface area contributed by atoms with Gasteiger partial charge in [0.1, 0.15) is 13.2 Å². The molecule has 0 spiro atoms. The van der Waals surface area contributed by atoms with Crippen LogP contribution >= 0.6 is 0 Å². The summed E-state index contributed by atoms with van der Waals surface area (Å²) >= 11 is 0. The van der Waals surface area contributed by atoms with Gasteiger partial charge in [0.2, 0.25) is 0 Å². The second-order valence-electron chi connectivity index (χ2n) is 5.66. The lowest BCUT2D eigenvalue weighted by Gasteiger charge is -2.14. The van der Waals surface area contributed by atoms with Crippen molar-refractivity contribution in [2.45, 2.75) is 19.8 Å². The van der Waals surface area contributed by atoms with E-state index in [-0.39, 0.29) is 0 Å². The zero-order valence-electron chi connectivity index (χ0n) is 13.9. The number of ether oxygens (including phenoxy) is 2. The Hall–Kier alpha value is -2.82. The molecular weight excluding hydrogens is 314 g/mol. The molecule has 0 amide bonds. The molecule has 0 aliphatic heterocycles. The molecule has 0 fully saturated rings. The SMILES string of the molecule is ONCc1ccc(OCc2ccccc2)c(OCc2ccccc2)c1. The lowest BCUT2D eigenvalue weighted by molar-refractivity contribution is 0.161. The number of benzene rings is 3. The standard InChI is InChI=1S/C21H21NO3/c23-22-14-19-11-12-20(24-15-17-7-3-1-4-8-17)21(13-19)25-16-18-9-5-2-6-10-18/h1-13,22-23H,14-16H2. The van der Waals surface area contributed by atoms with Gasteiger partial charge in [-0.25, -0.2) is 5.48 Å². The van der Waals surface area contributed by atoms with Crippen LogP contribution in [0.15, 0.2) is 78.9 Å². The zero-order chi connectivity index (χ0) is 17.3. The highest BCUT2D eigenvalue weighted by molar-refractivity contribution is 5.43. The molecule has 0 radical (unpaired) electrons. The zero-order valence-corrected chi connectivity index (χ0v) is 13.9. The van der Waals surface area contributed by atoms with E-state index in [1.165, 1.54) is 0 Å². The molecule has 3 rings (SSSR count). The maximum Gasteiger partial charge on any atom is 0.162 e. The molecule has 0 unspecified atom stereocenters. The molecule has 0 saturated heterocycles. The molecule has 0 saturated carbocycles. The van der Waals surface area contributed by atoms with Gasteiger partial charge in [-0.15, -0.1) is 0 Å². The third kappa shape index (κ3) is 5.08. The van der Waals surface area contributed by atoms with Gasteiger partial charge in [-0.2, -0.15) is 0 Å². The quantitative estimate of drug-likeness (QED) is 0.602. The Morgan fingerprint density at radius 2 is 1.20 bits per heavy atom. The number of rotatable bonds is 8. The number of hydrogen-bond acceptors (Lipinski definition) is 4. The minimum Gasteiger partial charge on any atom is -0.485 e. The molecule has 2 N–H and O–H groups in total. The predicted octanol–water partition coefficient (Wildman–Crippen LogP) is 4.32. The third-order valence-corrected chi connectivity index (χ3v) is 3.77. The Labute approximate surface area is 147 Å². The van der Waals surface area contributed by atoms with E-state index in [4.69, 9.17) is 14.7 Å². The van der Waals surface area contributed by atoms with Crippen molar-refractivity contribution in [3.05, 3.63) is 95.6 Å². The number of hydrogen-bond donors (Lipinski definition) is 2. The summed E-state index contributed by atoms with van der Waals surface area (Å²) in [5.41, 5.74) is 5.26. The van der Waals surface area contributed by atoms with Gasteiger partial charge in [0.25, 0.3) is 0 Å². The number of nitrogens with one attached hydrogen (secondary N) is 1. The van der Waals surface area contributed by atoms with Gasteiger partial charge >= 0.3 is 0 Å². The molecule has 0 aliphatic carbocycles. The maximum atomic E-state index is 8.92. The Morgan fingerprint density at radius 3 is 1.76 bits per heavy atom. The summed E-state index contributed by atoms with van der Waals surface area (Å²) in [7, 11) is 0. The highest BCUT2D eigenvalue weighted by Gasteiger charge is 2.08. The lowest BCUT2D eigenvalue weighted by Crippen LogP contribution is -2.07. The fourth-order valence-electron chi connectivity index (χ4n) is 2.46. The van der Waals surface area contributed by atoms with Crippen LogP contribution in [0.5, 0.6) is 11.5 Å². The topological polar surface area (TPSA) is 50.7 Å². The molecule has 0 aliphatic rings. The highest BCUT2D eigenvalue weighted by Crippen LogP contribution is 2.30. The first kappa shape index (κ1) is 17.0. The van der Waals surface area contributed by atoms with Crippen LogP contribution in [0.25, 0.3) is 0 Å². The van der Waals surface area contributed by atoms with Crippen molar-refractivity contribution in [1.29, 1.82) is 0 Å². The third-order valence-electron chi connectivity index (χ3n) is 3.77. The van der Waals surface area contributed by atoms with Gasteiger partial charge in [0, 0.05) is 6.54 Å². The van der Waals surface area contributed by atoms with Crippen LogP contribution in [-0.2, 0) is 19.8 Å². The van der Waals surface area contributed by atoms with Gasteiger partial charge in [-0.1, -0.05) is 66.7 Å². The summed E-state index contributed by atoms with van der Waals surface area (Å²) in [6.45, 7) is 1.28. The van der Waals surface area contributed by atoms with Crippen LogP contribution in [-0.4, -0.2) is 5.21 Å². The van der Waals surface area contributed by atoms with Crippen molar-refractivity contribution >= 4 is 0 Å². The Bertz CT molecular complexity index is 776. The largest absolute Gasteiger partial charge is 0.485 e. The Morgan fingerprint density at radius 1 is 0.640 bits per heavy atom. The molecule has 25 heavy (non-hydrogen) atoms. The maximum absolute atomic E-state index is 8.92. The van der Waals surface area contributed by atoms with E-state index in [0.29, 0.717) is 31.3 Å². The monoisotopic (exact) mass is 335 g/mol. The Balaban J connectivity index is 1.73. The minimum absolute atomic E-state index is 0.348. The fourth-order valence-corrected chi connectivity index (χ4v) is 2.46. The average molecular weight is 335 g/mol. The highest BCUT2D eigenvalue weighted by atomic mass is 16.5. The van der Waals surface area contributed by atoms with Crippen molar-refractivity contribution < 1.29 is 14.7 Å². The molecule has 0 atom stereocenters. The molecule has 0 heterocycles. The van der Waals surface area contributed by atoms with Gasteiger partial charge < -0.3 is 14.7 Å². The molecule has 4 nitrogen and oxygen atoms in total. The van der Waals surface area contributed by atoms with Gasteiger partial charge in [0.05, 0.1) is 0 Å². The summed E-state index contributed by atoms with van der Waals surface area (Å²) < 4.78 is 11.9. The van der Waals surface area contributed by atoms with Gasteiger partial charge in [0.15, 0.2) is 11.5 Å². The van der Waals surface area contributed by atoms with E-state index in [2.05, 4.69) is 5.48 Å². The van der Waals surface area contributed by atoms with Crippen molar-refractivity contribution in [2.24, 2.45) is 0 Å². The van der Waals surface area contributed by atoms with E-state index in [0.717, 1.165) is 16.7 Å². The van der Waals surface area contributed by atoms with E-state index in [9.17, 15) is 0 Å². The van der Waals surface area contributed by atoms with Crippen molar-refractivity contribution in [2.75, 3.05) is 0 Å². The van der Waals surface area contributed by atoms with E-state index in [1.54, 1.807) is 0 Å². The molecular formula is C21H21NO3. The minimum atomic E-state index is 0.348. The van der Waals surface area contributed by atoms with Crippen LogP contribution in [0, 0.1) is 0 Å². The molecule has 3 aromatic rings. The van der Waals surface area contributed by atoms with E-state index in [1.807, 2.05) is 78.9 Å². The van der Waals surface area contributed by atoms with Gasteiger partial charge in [-0.05, 0) is 28.8 Å². The first-order valence-corrected chi connectivity index (χ1v) is 8.18. The summed E-state index contributed by atoms with van der Waals surface area (Å²) in [6.07, 6.45) is 0. The summed E-state index contributed by atoms with van der Waals surface area (Å²) in [4.78, 5) is 0. The summed E-state index contributed by atoms with van der Waals surface area (Å²) in [6, 6.07) is 25.6. The Kier molecular flexibility index (Phi) is 6.04. The molecule has 4 heteroatoms. The first-order chi connectivity index (χ1) is 12.3. The van der Waals surface area contributed by atoms with Crippen molar-refractivity contribution in [3.8, 4) is 11.5 Å². The first-order valence-electron chi connectivity index (χ1n) is 8.18. The molecule has 0 bridgehead atoms. The molecule has 3 aromatic carbocycles. The summed E-state index contributed by atoms with van der Waals surface area (Å²) in [5, 5.41) is 8.92. The van der Waals surface area contributed by atoms with Crippen LogP contribution < -0.4 is 15.0 Å². The van der Waals surface area contributed by atoms with Gasteiger partial charge in [-0.3, -0.25) is 0 Å². The normalized spacial score (nSPS) is 10.4. The molecule has 128 valence electrons. The van der Waals surface area contributed by atoms with Crippen LogP contribution in [0.3, 0.4) is 0 Å². The number of hydroxylamine groups is 1. The average Bonchev–Trinajstić information content (AvgIpc) is 2.67. The second-order valence-corrected chi connectivity index (χ2v) is 5.66. The predicted molar refractivity (Wildman–Crippen MR) is 96.6 cm³/mol. The lowest BCUT2D eigenvalue weighted by atomic mass is 10.2. The van der Waals surface area contributed by atoms with E-state index < -0.39 is 0 Å². The fraction of sp³-hybridized carbons (Fsp3) is 0.143. The van der Waals surface area contributed by atoms with Crippen LogP contribution in [0.4, 0.5) is 0 Å².